The molecule has 0 bridgehead atoms. The molecule has 194 valence electrons. The van der Waals surface area contributed by atoms with E-state index in [9.17, 15) is 8.42 Å². The number of benzene rings is 2. The summed E-state index contributed by atoms with van der Waals surface area (Å²) in [6.45, 7) is 3.67. The van der Waals surface area contributed by atoms with E-state index >= 15 is 0 Å². The predicted molar refractivity (Wildman–Crippen MR) is 136 cm³/mol. The highest BCUT2D eigenvalue weighted by molar-refractivity contribution is 7.89. The average molecular weight is 524 g/mol. The molecule has 4 aromatic rings. The number of methoxy groups -OCH3 is 1. The van der Waals surface area contributed by atoms with Crippen LogP contribution in [0.2, 0.25) is 0 Å². The van der Waals surface area contributed by atoms with Gasteiger partial charge in [-0.05, 0) is 56.5 Å². The van der Waals surface area contributed by atoms with Gasteiger partial charge in [-0.2, -0.15) is 0 Å². The lowest BCUT2D eigenvalue weighted by Gasteiger charge is -2.16. The Morgan fingerprint density at radius 2 is 1.95 bits per heavy atom. The number of sulfonamides is 1. The van der Waals surface area contributed by atoms with Crippen molar-refractivity contribution < 1.29 is 22.4 Å². The van der Waals surface area contributed by atoms with Crippen LogP contribution in [0, 0.1) is 13.8 Å². The lowest BCUT2D eigenvalue weighted by Crippen LogP contribution is -2.33. The van der Waals surface area contributed by atoms with E-state index in [1.165, 1.54) is 0 Å². The molecule has 0 spiro atoms. The third-order valence-electron chi connectivity index (χ3n) is 6.47. The Morgan fingerprint density at radius 1 is 1.14 bits per heavy atom. The minimum absolute atomic E-state index is 0.0422. The molecule has 0 unspecified atom stereocenters. The highest BCUT2D eigenvalue weighted by Crippen LogP contribution is 2.34. The minimum Gasteiger partial charge on any atom is -0.497 e. The molecule has 0 aliphatic heterocycles. The molecule has 5 rings (SSSR count). The number of nitrogens with one attached hydrogen (secondary N) is 1. The van der Waals surface area contributed by atoms with Crippen molar-refractivity contribution in [1.82, 2.24) is 24.9 Å². The Labute approximate surface area is 215 Å². The van der Waals surface area contributed by atoms with Crippen LogP contribution in [0.15, 0.2) is 58.1 Å². The Morgan fingerprint density at radius 3 is 2.68 bits per heavy atom. The second kappa shape index (κ2) is 10.3. The maximum absolute atomic E-state index is 13.5. The first-order valence-corrected chi connectivity index (χ1v) is 13.6. The summed E-state index contributed by atoms with van der Waals surface area (Å²) in [5, 5.41) is 12.4. The molecular weight excluding hydrogens is 494 g/mol. The van der Waals surface area contributed by atoms with Crippen molar-refractivity contribution in [1.29, 1.82) is 0 Å². The summed E-state index contributed by atoms with van der Waals surface area (Å²) in [6, 6.07) is 12.4. The topological polar surface area (TPSA) is 121 Å². The zero-order valence-electron chi connectivity index (χ0n) is 21.0. The average Bonchev–Trinajstić information content (AvgIpc) is 3.65. The van der Waals surface area contributed by atoms with Crippen LogP contribution in [-0.4, -0.2) is 41.7 Å². The summed E-state index contributed by atoms with van der Waals surface area (Å²) in [5.41, 5.74) is 3.48. The minimum atomic E-state index is -3.84. The van der Waals surface area contributed by atoms with Crippen molar-refractivity contribution in [2.75, 3.05) is 7.11 Å². The van der Waals surface area contributed by atoms with Gasteiger partial charge in [0.25, 0.3) is 0 Å². The molecule has 1 aliphatic rings. The van der Waals surface area contributed by atoms with Gasteiger partial charge in [0.15, 0.2) is 0 Å². The maximum Gasteiger partial charge on any atom is 0.244 e. The van der Waals surface area contributed by atoms with Crippen LogP contribution in [0.1, 0.15) is 42.8 Å². The van der Waals surface area contributed by atoms with E-state index in [-0.39, 0.29) is 23.3 Å². The van der Waals surface area contributed by atoms with Gasteiger partial charge in [-0.3, -0.25) is 0 Å². The van der Waals surface area contributed by atoms with Gasteiger partial charge >= 0.3 is 0 Å². The van der Waals surface area contributed by atoms with Crippen molar-refractivity contribution in [3.05, 3.63) is 65.8 Å². The number of ether oxygens (including phenoxy) is 2. The van der Waals surface area contributed by atoms with Crippen LogP contribution in [0.25, 0.3) is 16.8 Å². The third-order valence-corrected chi connectivity index (χ3v) is 8.01. The normalized spacial score (nSPS) is 14.2. The third kappa shape index (κ3) is 5.37. The van der Waals surface area contributed by atoms with E-state index in [1.54, 1.807) is 37.0 Å². The summed E-state index contributed by atoms with van der Waals surface area (Å²) < 4.78 is 48.0. The summed E-state index contributed by atoms with van der Waals surface area (Å²) in [5.74, 6) is 1.55. The number of hydrogen-bond donors (Lipinski definition) is 1. The van der Waals surface area contributed by atoms with Gasteiger partial charge in [-0.1, -0.05) is 35.3 Å². The first-order chi connectivity index (χ1) is 17.8. The Kier molecular flexibility index (Phi) is 6.98. The fourth-order valence-electron chi connectivity index (χ4n) is 4.61. The summed E-state index contributed by atoms with van der Waals surface area (Å²) >= 11 is 0. The Bertz CT molecular complexity index is 1490. The molecule has 0 radical (unpaired) electrons. The fraction of sp³-hybridized carbons (Fsp3) is 0.346. The van der Waals surface area contributed by atoms with Crippen LogP contribution in [-0.2, 0) is 16.6 Å². The van der Waals surface area contributed by atoms with E-state index < -0.39 is 10.0 Å². The van der Waals surface area contributed by atoms with E-state index in [0.29, 0.717) is 28.5 Å². The first kappa shape index (κ1) is 25.0. The van der Waals surface area contributed by atoms with Crippen LogP contribution in [0.3, 0.4) is 0 Å². The molecule has 10 nitrogen and oxygen atoms in total. The number of nitrogens with zero attached hydrogens (tertiary/aromatic N) is 4. The van der Waals surface area contributed by atoms with Crippen molar-refractivity contribution in [2.45, 2.75) is 57.1 Å². The monoisotopic (exact) mass is 523 g/mol. The van der Waals surface area contributed by atoms with Gasteiger partial charge in [0, 0.05) is 17.7 Å². The summed E-state index contributed by atoms with van der Waals surface area (Å²) in [7, 11) is -2.24. The molecule has 0 atom stereocenters. The molecule has 1 fully saturated rings. The van der Waals surface area contributed by atoms with Gasteiger partial charge < -0.3 is 14.0 Å². The molecule has 1 N–H and O–H groups in total. The van der Waals surface area contributed by atoms with Crippen molar-refractivity contribution in [3.8, 4) is 28.3 Å². The zero-order chi connectivity index (χ0) is 26.0. The van der Waals surface area contributed by atoms with Crippen LogP contribution in [0.4, 0.5) is 0 Å². The highest BCUT2D eigenvalue weighted by Gasteiger charge is 2.27. The molecule has 0 amide bonds. The standard InChI is InChI=1S/C26H29N5O5S/c1-17-26(18(2)36-28-17)19-11-12-24(25(13-19)37(32,33)29-20-7-4-5-8-20)35-16-21-15-31(30-27-21)22-9-6-10-23(14-22)34-3/h6,9-15,20,29H,4-5,7-8,16H2,1-3H3. The van der Waals surface area contributed by atoms with Gasteiger partial charge in [0.1, 0.15) is 34.5 Å². The molecule has 2 heterocycles. The van der Waals surface area contributed by atoms with Gasteiger partial charge in [0.2, 0.25) is 10.0 Å². The molecule has 11 heteroatoms. The second-order valence-electron chi connectivity index (χ2n) is 9.11. The van der Waals surface area contributed by atoms with Crippen LogP contribution in [0.5, 0.6) is 11.5 Å². The van der Waals surface area contributed by atoms with Gasteiger partial charge in [-0.15, -0.1) is 5.10 Å². The quantitative estimate of drug-likeness (QED) is 0.344. The van der Waals surface area contributed by atoms with Crippen molar-refractivity contribution >= 4 is 10.0 Å². The van der Waals surface area contributed by atoms with E-state index in [0.717, 1.165) is 36.9 Å². The Hall–Kier alpha value is -3.70. The van der Waals surface area contributed by atoms with Crippen molar-refractivity contribution in [3.63, 3.8) is 0 Å². The Balaban J connectivity index is 1.43. The fourth-order valence-corrected chi connectivity index (χ4v) is 6.09. The number of aromatic nitrogens is 4. The molecule has 1 aliphatic carbocycles. The molecule has 37 heavy (non-hydrogen) atoms. The SMILES string of the molecule is COc1cccc(-n2cc(COc3ccc(-c4c(C)noc4C)cc3S(=O)(=O)NC3CCCC3)nn2)c1. The van der Waals surface area contributed by atoms with Gasteiger partial charge in [0.05, 0.1) is 24.7 Å². The lowest BCUT2D eigenvalue weighted by molar-refractivity contribution is 0.293. The first-order valence-electron chi connectivity index (χ1n) is 12.1. The molecule has 1 saturated carbocycles. The molecule has 2 aromatic heterocycles. The number of aryl methyl sites for hydroxylation is 2. The van der Waals surface area contributed by atoms with Crippen LogP contribution >= 0.6 is 0 Å². The number of rotatable bonds is 9. The largest absolute Gasteiger partial charge is 0.497 e. The lowest BCUT2D eigenvalue weighted by atomic mass is 10.0. The zero-order valence-corrected chi connectivity index (χ0v) is 21.8. The van der Waals surface area contributed by atoms with E-state index in [1.807, 2.05) is 37.3 Å². The summed E-state index contributed by atoms with van der Waals surface area (Å²) in [4.78, 5) is 0.0667. The smallest absolute Gasteiger partial charge is 0.244 e. The summed E-state index contributed by atoms with van der Waals surface area (Å²) in [6.07, 6.45) is 5.41. The molecule has 2 aromatic carbocycles. The number of hydrogen-bond acceptors (Lipinski definition) is 8. The maximum atomic E-state index is 13.5. The molecular formula is C26H29N5O5S. The predicted octanol–water partition coefficient (Wildman–Crippen LogP) is 4.35. The van der Waals surface area contributed by atoms with Crippen LogP contribution < -0.4 is 14.2 Å². The van der Waals surface area contributed by atoms with Gasteiger partial charge in [-0.25, -0.2) is 17.8 Å². The highest BCUT2D eigenvalue weighted by atomic mass is 32.2. The van der Waals surface area contributed by atoms with E-state index in [2.05, 4.69) is 20.2 Å². The van der Waals surface area contributed by atoms with Crippen molar-refractivity contribution in [2.24, 2.45) is 0 Å². The molecule has 0 saturated heterocycles. The second-order valence-corrected chi connectivity index (χ2v) is 10.8. The van der Waals surface area contributed by atoms with E-state index in [4.69, 9.17) is 14.0 Å².